The molecule has 0 aromatic carbocycles. The Hall–Kier alpha value is -0.770. The highest BCUT2D eigenvalue weighted by Crippen LogP contribution is 2.30. The molecule has 0 spiro atoms. The van der Waals surface area contributed by atoms with Gasteiger partial charge in [-0.25, -0.2) is 4.79 Å². The zero-order valence-corrected chi connectivity index (χ0v) is 7.92. The second-order valence-electron chi connectivity index (χ2n) is 3.80. The Morgan fingerprint density at radius 1 is 1.54 bits per heavy atom. The number of carbonyl (C=O) groups is 1. The van der Waals surface area contributed by atoms with Crippen LogP contribution in [0, 0.1) is 0 Å². The summed E-state index contributed by atoms with van der Waals surface area (Å²) in [6, 6.07) is 0.0318. The number of amides is 1. The highest BCUT2D eigenvalue weighted by molar-refractivity contribution is 5.64. The smallest absolute Gasteiger partial charge is 0.404 e. The van der Waals surface area contributed by atoms with E-state index in [2.05, 4.69) is 5.32 Å². The van der Waals surface area contributed by atoms with Crippen LogP contribution in [0.25, 0.3) is 0 Å². The Balaban J connectivity index is 2.34. The number of carboxylic acid groups (broad SMARTS) is 1. The van der Waals surface area contributed by atoms with E-state index in [1.165, 1.54) is 0 Å². The van der Waals surface area contributed by atoms with Gasteiger partial charge in [0.2, 0.25) is 0 Å². The summed E-state index contributed by atoms with van der Waals surface area (Å²) in [6.45, 7) is 1.96. The SMILES string of the molecule is CCC1(O)CCC(NC(=O)O)CC1. The van der Waals surface area contributed by atoms with E-state index >= 15 is 0 Å². The summed E-state index contributed by atoms with van der Waals surface area (Å²) in [4.78, 5) is 10.3. The summed E-state index contributed by atoms with van der Waals surface area (Å²) in [5, 5.41) is 20.8. The van der Waals surface area contributed by atoms with E-state index in [1.807, 2.05) is 6.92 Å². The summed E-state index contributed by atoms with van der Waals surface area (Å²) in [6.07, 6.45) is 2.69. The van der Waals surface area contributed by atoms with Crippen molar-refractivity contribution >= 4 is 6.09 Å². The molecule has 4 nitrogen and oxygen atoms in total. The molecule has 0 radical (unpaired) electrons. The van der Waals surface area contributed by atoms with Crippen LogP contribution >= 0.6 is 0 Å². The van der Waals surface area contributed by atoms with Crippen molar-refractivity contribution in [3.05, 3.63) is 0 Å². The van der Waals surface area contributed by atoms with Crippen molar-refractivity contribution < 1.29 is 15.0 Å². The van der Waals surface area contributed by atoms with Crippen LogP contribution in [-0.4, -0.2) is 27.9 Å². The first-order chi connectivity index (χ1) is 6.06. The number of hydrogen-bond donors (Lipinski definition) is 3. The Kier molecular flexibility index (Phi) is 3.14. The molecule has 0 atom stereocenters. The Morgan fingerprint density at radius 3 is 2.46 bits per heavy atom. The molecule has 1 aliphatic carbocycles. The van der Waals surface area contributed by atoms with E-state index in [0.717, 1.165) is 19.3 Å². The normalized spacial score (nSPS) is 34.2. The lowest BCUT2D eigenvalue weighted by Gasteiger charge is -2.35. The first-order valence-corrected chi connectivity index (χ1v) is 4.77. The van der Waals surface area contributed by atoms with Crippen molar-refractivity contribution in [3.63, 3.8) is 0 Å². The fourth-order valence-electron chi connectivity index (χ4n) is 1.83. The Labute approximate surface area is 78.0 Å². The fourth-order valence-corrected chi connectivity index (χ4v) is 1.83. The largest absolute Gasteiger partial charge is 0.465 e. The van der Waals surface area contributed by atoms with Crippen LogP contribution in [0.4, 0.5) is 4.79 Å². The summed E-state index contributed by atoms with van der Waals surface area (Å²) in [5.74, 6) is 0. The third kappa shape index (κ3) is 2.88. The van der Waals surface area contributed by atoms with Crippen LogP contribution in [0.5, 0.6) is 0 Å². The quantitative estimate of drug-likeness (QED) is 0.611. The number of nitrogens with one attached hydrogen (secondary N) is 1. The third-order valence-electron chi connectivity index (χ3n) is 2.90. The van der Waals surface area contributed by atoms with Gasteiger partial charge in [-0.1, -0.05) is 6.92 Å². The second-order valence-corrected chi connectivity index (χ2v) is 3.80. The van der Waals surface area contributed by atoms with Crippen molar-refractivity contribution in [1.29, 1.82) is 0 Å². The Bertz CT molecular complexity index is 185. The van der Waals surface area contributed by atoms with Crippen molar-refractivity contribution in [3.8, 4) is 0 Å². The van der Waals surface area contributed by atoms with Gasteiger partial charge in [-0.2, -0.15) is 0 Å². The molecule has 76 valence electrons. The van der Waals surface area contributed by atoms with E-state index in [4.69, 9.17) is 5.11 Å². The molecule has 1 aliphatic rings. The van der Waals surface area contributed by atoms with Crippen molar-refractivity contribution in [2.75, 3.05) is 0 Å². The number of rotatable bonds is 2. The third-order valence-corrected chi connectivity index (χ3v) is 2.90. The van der Waals surface area contributed by atoms with Crippen molar-refractivity contribution in [1.82, 2.24) is 5.32 Å². The molecule has 3 N–H and O–H groups in total. The van der Waals surface area contributed by atoms with Gasteiger partial charge in [-0.05, 0) is 32.1 Å². The highest BCUT2D eigenvalue weighted by Gasteiger charge is 2.31. The molecule has 0 saturated heterocycles. The topological polar surface area (TPSA) is 69.6 Å². The number of hydrogen-bond acceptors (Lipinski definition) is 2. The average Bonchev–Trinajstić information content (AvgIpc) is 2.09. The molecular weight excluding hydrogens is 170 g/mol. The molecule has 0 aromatic heterocycles. The molecule has 13 heavy (non-hydrogen) atoms. The highest BCUT2D eigenvalue weighted by atomic mass is 16.4. The molecule has 0 heterocycles. The predicted octanol–water partition coefficient (Wildman–Crippen LogP) is 1.34. The maximum atomic E-state index is 10.3. The lowest BCUT2D eigenvalue weighted by atomic mass is 9.81. The van der Waals surface area contributed by atoms with Crippen LogP contribution in [0.15, 0.2) is 0 Å². The van der Waals surface area contributed by atoms with Gasteiger partial charge in [0.1, 0.15) is 0 Å². The predicted molar refractivity (Wildman–Crippen MR) is 48.7 cm³/mol. The minimum Gasteiger partial charge on any atom is -0.465 e. The lowest BCUT2D eigenvalue weighted by Crippen LogP contribution is -2.42. The molecular formula is C9H17NO3. The van der Waals surface area contributed by atoms with Crippen molar-refractivity contribution in [2.45, 2.75) is 50.7 Å². The summed E-state index contributed by atoms with van der Waals surface area (Å²) in [5.41, 5.74) is -0.545. The van der Waals surface area contributed by atoms with Crippen LogP contribution in [-0.2, 0) is 0 Å². The average molecular weight is 187 g/mol. The summed E-state index contributed by atoms with van der Waals surface area (Å²) < 4.78 is 0. The molecule has 0 aromatic rings. The zero-order chi connectivity index (χ0) is 9.90. The van der Waals surface area contributed by atoms with Crippen LogP contribution in [0.1, 0.15) is 39.0 Å². The van der Waals surface area contributed by atoms with Crippen LogP contribution < -0.4 is 5.32 Å². The summed E-state index contributed by atoms with van der Waals surface area (Å²) in [7, 11) is 0. The number of aliphatic hydroxyl groups is 1. The van der Waals surface area contributed by atoms with Crippen LogP contribution in [0.3, 0.4) is 0 Å². The molecule has 1 fully saturated rings. The fraction of sp³-hybridized carbons (Fsp3) is 0.889. The summed E-state index contributed by atoms with van der Waals surface area (Å²) >= 11 is 0. The first kappa shape index (κ1) is 10.3. The molecule has 1 rings (SSSR count). The first-order valence-electron chi connectivity index (χ1n) is 4.77. The minimum absolute atomic E-state index is 0.0318. The molecule has 0 unspecified atom stereocenters. The van der Waals surface area contributed by atoms with Gasteiger partial charge in [0.25, 0.3) is 0 Å². The standard InChI is InChI=1S/C9H17NO3/c1-2-9(13)5-3-7(4-6-9)10-8(11)12/h7,10,13H,2-6H2,1H3,(H,11,12). The monoisotopic (exact) mass is 187 g/mol. The van der Waals surface area contributed by atoms with Gasteiger partial charge < -0.3 is 15.5 Å². The Morgan fingerprint density at radius 2 is 2.08 bits per heavy atom. The van der Waals surface area contributed by atoms with Crippen molar-refractivity contribution in [2.24, 2.45) is 0 Å². The minimum atomic E-state index is -0.966. The van der Waals surface area contributed by atoms with E-state index < -0.39 is 11.7 Å². The molecule has 1 amide bonds. The van der Waals surface area contributed by atoms with E-state index in [1.54, 1.807) is 0 Å². The molecule has 0 bridgehead atoms. The maximum Gasteiger partial charge on any atom is 0.404 e. The van der Waals surface area contributed by atoms with Gasteiger partial charge in [0.15, 0.2) is 0 Å². The van der Waals surface area contributed by atoms with Gasteiger partial charge in [0.05, 0.1) is 5.60 Å². The second kappa shape index (κ2) is 3.96. The lowest BCUT2D eigenvalue weighted by molar-refractivity contribution is -0.00644. The molecule has 1 saturated carbocycles. The van der Waals surface area contributed by atoms with Gasteiger partial charge >= 0.3 is 6.09 Å². The van der Waals surface area contributed by atoms with E-state index in [-0.39, 0.29) is 6.04 Å². The van der Waals surface area contributed by atoms with Crippen LogP contribution in [0.2, 0.25) is 0 Å². The van der Waals surface area contributed by atoms with Gasteiger partial charge in [-0.3, -0.25) is 0 Å². The zero-order valence-electron chi connectivity index (χ0n) is 7.92. The van der Waals surface area contributed by atoms with E-state index in [9.17, 15) is 9.90 Å². The van der Waals surface area contributed by atoms with Gasteiger partial charge in [0, 0.05) is 6.04 Å². The van der Waals surface area contributed by atoms with Gasteiger partial charge in [-0.15, -0.1) is 0 Å². The maximum absolute atomic E-state index is 10.3. The molecule has 4 heteroatoms. The van der Waals surface area contributed by atoms with E-state index in [0.29, 0.717) is 12.8 Å². The molecule has 0 aliphatic heterocycles.